The summed E-state index contributed by atoms with van der Waals surface area (Å²) < 4.78 is 42.5. The monoisotopic (exact) mass is 545 g/mol. The maximum Gasteiger partial charge on any atom is 0.414 e. The molecule has 11 heteroatoms. The van der Waals surface area contributed by atoms with Crippen LogP contribution in [-0.4, -0.2) is 42.8 Å². The first-order valence-corrected chi connectivity index (χ1v) is 12.8. The minimum Gasteiger partial charge on any atom is -0.475 e. The zero-order valence-corrected chi connectivity index (χ0v) is 21.9. The topological polar surface area (TPSA) is 92.9 Å². The number of halogens is 4. The minimum atomic E-state index is -4.51. The van der Waals surface area contributed by atoms with Crippen molar-refractivity contribution in [1.82, 2.24) is 19.5 Å². The number of hydrogen-bond acceptors (Lipinski definition) is 5. The Morgan fingerprint density at radius 1 is 1.26 bits per heavy atom. The van der Waals surface area contributed by atoms with Crippen molar-refractivity contribution in [2.45, 2.75) is 58.8 Å². The Balaban J connectivity index is 1.70. The van der Waals surface area contributed by atoms with Crippen LogP contribution in [0.1, 0.15) is 49.3 Å². The molecule has 7 nitrogen and oxygen atoms in total. The second kappa shape index (κ2) is 9.72. The first kappa shape index (κ1) is 26.2. The fourth-order valence-electron chi connectivity index (χ4n) is 5.10. The number of aromatic nitrogens is 4. The minimum absolute atomic E-state index is 0.0427. The molecule has 0 aliphatic heterocycles. The standard InChI is InChI=1S/C27H27ClF3N5O2/c1-13-5-4-6-18(9-13)25-35-23-21(22(32-15(3)17-7-8-17)33-24(34-23)26(37)38)36(25)12-16-10-14(2)20(19(28)11-16)27(29,30)31/h4-6,9,11,14-15,17H,7-8,10,12H2,1-3H3,(H,37,38)(H,32,33,34)/t14?,15-/m1/s1. The number of alkyl halides is 3. The molecule has 2 aliphatic rings. The van der Waals surface area contributed by atoms with Crippen LogP contribution < -0.4 is 5.32 Å². The van der Waals surface area contributed by atoms with Crippen molar-refractivity contribution < 1.29 is 23.1 Å². The molecule has 200 valence electrons. The number of fused-ring (bicyclic) bond motifs is 1. The maximum atomic E-state index is 13.6. The van der Waals surface area contributed by atoms with Crippen LogP contribution in [0.15, 0.2) is 46.5 Å². The second-order valence-corrected chi connectivity index (χ2v) is 10.6. The average molecular weight is 546 g/mol. The van der Waals surface area contributed by atoms with Gasteiger partial charge in [-0.1, -0.05) is 42.3 Å². The summed E-state index contributed by atoms with van der Waals surface area (Å²) in [5.41, 5.74) is 2.41. The second-order valence-electron chi connectivity index (χ2n) is 10.2. The summed E-state index contributed by atoms with van der Waals surface area (Å²) in [5, 5.41) is 12.7. The highest BCUT2D eigenvalue weighted by atomic mass is 35.5. The summed E-state index contributed by atoms with van der Waals surface area (Å²) >= 11 is 6.15. The van der Waals surface area contributed by atoms with Gasteiger partial charge >= 0.3 is 12.1 Å². The van der Waals surface area contributed by atoms with Gasteiger partial charge in [0.15, 0.2) is 11.5 Å². The zero-order chi connectivity index (χ0) is 27.4. The first-order chi connectivity index (χ1) is 17.9. The van der Waals surface area contributed by atoms with Gasteiger partial charge in [0, 0.05) is 23.2 Å². The quantitative estimate of drug-likeness (QED) is 0.342. The molecule has 0 amide bonds. The lowest BCUT2D eigenvalue weighted by atomic mass is 9.87. The van der Waals surface area contributed by atoms with E-state index in [1.807, 2.05) is 42.7 Å². The number of aryl methyl sites for hydroxylation is 1. The number of hydrogen-bond donors (Lipinski definition) is 2. The summed E-state index contributed by atoms with van der Waals surface area (Å²) in [6.07, 6.45) is -0.835. The highest BCUT2D eigenvalue weighted by Crippen LogP contribution is 2.42. The van der Waals surface area contributed by atoms with Crippen LogP contribution in [0, 0.1) is 18.8 Å². The van der Waals surface area contributed by atoms with Crippen molar-refractivity contribution in [2.75, 3.05) is 5.32 Å². The number of imidazole rings is 1. The van der Waals surface area contributed by atoms with Gasteiger partial charge in [-0.05, 0) is 62.7 Å². The number of benzene rings is 1. The number of carbonyl (C=O) groups is 1. The Kier molecular flexibility index (Phi) is 6.71. The smallest absolute Gasteiger partial charge is 0.414 e. The maximum absolute atomic E-state index is 13.6. The third-order valence-corrected chi connectivity index (χ3v) is 7.39. The Morgan fingerprint density at radius 3 is 2.61 bits per heavy atom. The molecule has 0 saturated heterocycles. The van der Waals surface area contributed by atoms with Crippen molar-refractivity contribution in [3.63, 3.8) is 0 Å². The van der Waals surface area contributed by atoms with Crippen molar-refractivity contribution in [3.8, 4) is 11.4 Å². The third kappa shape index (κ3) is 5.14. The van der Waals surface area contributed by atoms with E-state index in [4.69, 9.17) is 16.6 Å². The molecule has 1 fully saturated rings. The summed E-state index contributed by atoms with van der Waals surface area (Å²) in [7, 11) is 0. The van der Waals surface area contributed by atoms with Crippen LogP contribution in [-0.2, 0) is 6.54 Å². The molecule has 1 unspecified atom stereocenters. The van der Waals surface area contributed by atoms with Gasteiger partial charge in [-0.15, -0.1) is 0 Å². The van der Waals surface area contributed by atoms with E-state index >= 15 is 0 Å². The average Bonchev–Trinajstić information content (AvgIpc) is 3.60. The first-order valence-electron chi connectivity index (χ1n) is 12.4. The van der Waals surface area contributed by atoms with Gasteiger partial charge in [0.1, 0.15) is 11.3 Å². The number of allylic oxidation sites excluding steroid dienone is 4. The normalized spacial score (nSPS) is 19.0. The van der Waals surface area contributed by atoms with Crippen LogP contribution in [0.3, 0.4) is 0 Å². The Morgan fingerprint density at radius 2 is 2.00 bits per heavy atom. The van der Waals surface area contributed by atoms with E-state index in [1.54, 1.807) is 0 Å². The summed E-state index contributed by atoms with van der Waals surface area (Å²) in [6, 6.07) is 7.69. The highest BCUT2D eigenvalue weighted by Gasteiger charge is 2.41. The molecule has 2 aliphatic carbocycles. The SMILES string of the molecule is Cc1cccc(-c2nc3nc(C(=O)O)nc(N[C@H](C)C4CC4)c3n2CC2=CC(Cl)=C(C(F)(F)F)C(C)C2)c1. The lowest BCUT2D eigenvalue weighted by Gasteiger charge is -2.26. The van der Waals surface area contributed by atoms with Crippen LogP contribution in [0.5, 0.6) is 0 Å². The van der Waals surface area contributed by atoms with Crippen molar-refractivity contribution in [1.29, 1.82) is 0 Å². The molecule has 2 N–H and O–H groups in total. The predicted molar refractivity (Wildman–Crippen MR) is 139 cm³/mol. The molecule has 2 aromatic heterocycles. The van der Waals surface area contributed by atoms with Crippen LogP contribution in [0.4, 0.5) is 19.0 Å². The summed E-state index contributed by atoms with van der Waals surface area (Å²) in [5.74, 6) is -1.18. The van der Waals surface area contributed by atoms with Gasteiger partial charge in [-0.2, -0.15) is 13.2 Å². The number of nitrogens with zero attached hydrogens (tertiary/aromatic N) is 4. The molecule has 1 aromatic carbocycles. The molecule has 3 aromatic rings. The van der Waals surface area contributed by atoms with Crippen LogP contribution in [0.25, 0.3) is 22.6 Å². The molecular formula is C27H27ClF3N5O2. The Bertz CT molecular complexity index is 1490. The van der Waals surface area contributed by atoms with Crippen molar-refractivity contribution in [2.24, 2.45) is 11.8 Å². The lowest BCUT2D eigenvalue weighted by Crippen LogP contribution is -2.23. The molecule has 38 heavy (non-hydrogen) atoms. The van der Waals surface area contributed by atoms with Gasteiger partial charge in [0.05, 0.1) is 5.57 Å². The Labute approximate surface area is 222 Å². The number of rotatable bonds is 7. The van der Waals surface area contributed by atoms with E-state index in [-0.39, 0.29) is 35.5 Å². The van der Waals surface area contributed by atoms with Crippen molar-refractivity contribution in [3.05, 3.63) is 57.9 Å². The van der Waals surface area contributed by atoms with E-state index in [1.165, 1.54) is 13.0 Å². The predicted octanol–water partition coefficient (Wildman–Crippen LogP) is 6.73. The number of nitrogens with one attached hydrogen (secondary N) is 1. The van der Waals surface area contributed by atoms with Gasteiger partial charge in [-0.3, -0.25) is 0 Å². The molecule has 2 atom stereocenters. The number of carboxylic acid groups (broad SMARTS) is 1. The molecule has 2 heterocycles. The fraction of sp³-hybridized carbons (Fsp3) is 0.407. The molecular weight excluding hydrogens is 519 g/mol. The largest absolute Gasteiger partial charge is 0.475 e. The number of aromatic carboxylic acids is 1. The van der Waals surface area contributed by atoms with Crippen molar-refractivity contribution >= 4 is 34.6 Å². The molecule has 0 bridgehead atoms. The van der Waals surface area contributed by atoms with E-state index in [0.29, 0.717) is 28.6 Å². The molecule has 5 rings (SSSR count). The third-order valence-electron chi connectivity index (χ3n) is 7.08. The van der Waals surface area contributed by atoms with Gasteiger partial charge in [0.25, 0.3) is 0 Å². The van der Waals surface area contributed by atoms with Crippen LogP contribution >= 0.6 is 11.6 Å². The van der Waals surface area contributed by atoms with E-state index < -0.39 is 23.6 Å². The van der Waals surface area contributed by atoms with E-state index in [2.05, 4.69) is 15.3 Å². The molecule has 0 radical (unpaired) electrons. The summed E-state index contributed by atoms with van der Waals surface area (Å²) in [4.78, 5) is 25.1. The zero-order valence-electron chi connectivity index (χ0n) is 21.1. The molecule has 0 spiro atoms. The van der Waals surface area contributed by atoms with Crippen LogP contribution in [0.2, 0.25) is 0 Å². The fourth-order valence-corrected chi connectivity index (χ4v) is 5.54. The highest BCUT2D eigenvalue weighted by molar-refractivity contribution is 6.31. The van der Waals surface area contributed by atoms with Gasteiger partial charge in [0.2, 0.25) is 5.82 Å². The number of carboxylic acids is 1. The molecule has 1 saturated carbocycles. The Hall–Kier alpha value is -3.40. The summed E-state index contributed by atoms with van der Waals surface area (Å²) in [6.45, 7) is 5.66. The lowest BCUT2D eigenvalue weighted by molar-refractivity contribution is -0.0988. The van der Waals surface area contributed by atoms with E-state index in [9.17, 15) is 23.1 Å². The van der Waals surface area contributed by atoms with E-state index in [0.717, 1.165) is 24.0 Å². The van der Waals surface area contributed by atoms with Gasteiger partial charge < -0.3 is 15.0 Å². The van der Waals surface area contributed by atoms with Gasteiger partial charge in [-0.25, -0.2) is 19.7 Å². The number of anilines is 1.